The van der Waals surface area contributed by atoms with Gasteiger partial charge in [-0.1, -0.05) is 6.92 Å². The van der Waals surface area contributed by atoms with Crippen molar-refractivity contribution < 1.29 is 9.59 Å². The lowest BCUT2D eigenvalue weighted by Crippen LogP contribution is -2.52. The average molecular weight is 262 g/mol. The first-order chi connectivity index (χ1) is 7.54. The molecule has 2 unspecified atom stereocenters. The number of amides is 2. The van der Waals surface area contributed by atoms with Crippen molar-refractivity contribution in [2.24, 2.45) is 0 Å². The van der Waals surface area contributed by atoms with E-state index >= 15 is 0 Å². The number of nitrogens with one attached hydrogen (secondary N) is 1. The molecule has 0 aromatic heterocycles. The Kier molecular flexibility index (Phi) is 5.48. The minimum absolute atomic E-state index is 0.0163. The molecule has 1 heterocycles. The Morgan fingerprint density at radius 1 is 1.62 bits per heavy atom. The minimum Gasteiger partial charge on any atom is -0.344 e. The molecule has 0 saturated carbocycles. The van der Waals surface area contributed by atoms with E-state index in [9.17, 15) is 9.59 Å². The molecule has 1 aliphatic heterocycles. The van der Waals surface area contributed by atoms with Gasteiger partial charge in [-0.3, -0.25) is 9.59 Å². The van der Waals surface area contributed by atoms with Gasteiger partial charge in [0.25, 0.3) is 0 Å². The summed E-state index contributed by atoms with van der Waals surface area (Å²) in [5.74, 6) is 1.10. The number of carbonyl (C=O) groups is 2. The summed E-state index contributed by atoms with van der Waals surface area (Å²) in [5.41, 5.74) is 0. The van der Waals surface area contributed by atoms with E-state index in [0.29, 0.717) is 11.0 Å². The molecule has 0 spiro atoms. The van der Waals surface area contributed by atoms with Gasteiger partial charge in [0.2, 0.25) is 11.8 Å². The van der Waals surface area contributed by atoms with Crippen LogP contribution in [-0.4, -0.2) is 52.6 Å². The molecule has 1 aliphatic rings. The van der Waals surface area contributed by atoms with Crippen LogP contribution >= 0.6 is 24.4 Å². The minimum atomic E-state index is -0.490. The van der Waals surface area contributed by atoms with Crippen molar-refractivity contribution >= 4 is 36.2 Å². The van der Waals surface area contributed by atoms with E-state index in [1.165, 1.54) is 6.92 Å². The number of hydrogen-bond donors (Lipinski definition) is 2. The van der Waals surface area contributed by atoms with E-state index < -0.39 is 6.04 Å². The summed E-state index contributed by atoms with van der Waals surface area (Å²) in [6, 6.07) is -0.490. The quantitative estimate of drug-likeness (QED) is 0.723. The summed E-state index contributed by atoms with van der Waals surface area (Å²) in [6.45, 7) is 5.04. The van der Waals surface area contributed by atoms with Crippen molar-refractivity contribution in [1.29, 1.82) is 0 Å². The molecule has 1 saturated heterocycles. The van der Waals surface area contributed by atoms with Crippen LogP contribution in [0.4, 0.5) is 0 Å². The molecule has 0 aromatic carbocycles. The highest BCUT2D eigenvalue weighted by atomic mass is 32.2. The van der Waals surface area contributed by atoms with E-state index in [-0.39, 0.29) is 11.8 Å². The molecule has 2 atom stereocenters. The third-order valence-electron chi connectivity index (χ3n) is 2.41. The molecule has 4 nitrogen and oxygen atoms in total. The molecule has 1 fully saturated rings. The zero-order chi connectivity index (χ0) is 12.1. The normalized spacial score (nSPS) is 22.7. The lowest BCUT2D eigenvalue weighted by Gasteiger charge is -2.33. The molecule has 0 radical (unpaired) electrons. The zero-order valence-corrected chi connectivity index (χ0v) is 11.3. The van der Waals surface area contributed by atoms with Gasteiger partial charge in [0.1, 0.15) is 6.04 Å². The zero-order valence-electron chi connectivity index (χ0n) is 9.60. The lowest BCUT2D eigenvalue weighted by atomic mass is 10.2. The van der Waals surface area contributed by atoms with Crippen molar-refractivity contribution in [1.82, 2.24) is 10.2 Å². The van der Waals surface area contributed by atoms with Gasteiger partial charge in [-0.25, -0.2) is 0 Å². The SMILES string of the molecule is CC(=O)NC(CS)C(=O)N1CCSC(C)C1. The second-order valence-electron chi connectivity index (χ2n) is 3.90. The van der Waals surface area contributed by atoms with Crippen LogP contribution in [-0.2, 0) is 9.59 Å². The fraction of sp³-hybridized carbons (Fsp3) is 0.800. The fourth-order valence-electron chi connectivity index (χ4n) is 1.67. The van der Waals surface area contributed by atoms with Crippen LogP contribution in [0, 0.1) is 0 Å². The summed E-state index contributed by atoms with van der Waals surface area (Å²) >= 11 is 5.98. The van der Waals surface area contributed by atoms with Gasteiger partial charge in [-0.15, -0.1) is 0 Å². The first-order valence-corrected chi connectivity index (χ1v) is 7.01. The van der Waals surface area contributed by atoms with Crippen LogP contribution in [0.15, 0.2) is 0 Å². The summed E-state index contributed by atoms with van der Waals surface area (Å²) in [4.78, 5) is 24.8. The molecular formula is C10H18N2O2S2. The van der Waals surface area contributed by atoms with E-state index in [0.717, 1.165) is 18.8 Å². The van der Waals surface area contributed by atoms with E-state index in [4.69, 9.17) is 0 Å². The van der Waals surface area contributed by atoms with E-state index in [2.05, 4.69) is 24.9 Å². The van der Waals surface area contributed by atoms with Gasteiger partial charge < -0.3 is 10.2 Å². The predicted octanol–water partition coefficient (Wildman–Crippen LogP) is 0.385. The maximum absolute atomic E-state index is 12.1. The van der Waals surface area contributed by atoms with Crippen molar-refractivity contribution in [2.45, 2.75) is 25.1 Å². The molecule has 0 aliphatic carbocycles. The molecule has 6 heteroatoms. The first-order valence-electron chi connectivity index (χ1n) is 5.33. The summed E-state index contributed by atoms with van der Waals surface area (Å²) < 4.78 is 0. The number of thioether (sulfide) groups is 1. The third kappa shape index (κ3) is 3.90. The van der Waals surface area contributed by atoms with Crippen LogP contribution in [0.3, 0.4) is 0 Å². The molecule has 1 rings (SSSR count). The average Bonchev–Trinajstić information content (AvgIpc) is 2.24. The second-order valence-corrected chi connectivity index (χ2v) is 5.81. The highest BCUT2D eigenvalue weighted by Gasteiger charge is 2.27. The number of hydrogen-bond acceptors (Lipinski definition) is 4. The Morgan fingerprint density at radius 3 is 2.81 bits per heavy atom. The van der Waals surface area contributed by atoms with Crippen molar-refractivity contribution in [3.8, 4) is 0 Å². The Balaban J connectivity index is 2.56. The molecule has 2 amide bonds. The van der Waals surface area contributed by atoms with Crippen molar-refractivity contribution in [3.05, 3.63) is 0 Å². The van der Waals surface area contributed by atoms with Crippen LogP contribution in [0.25, 0.3) is 0 Å². The Hall–Kier alpha value is -0.360. The summed E-state index contributed by atoms with van der Waals surface area (Å²) in [5, 5.41) is 3.10. The molecule has 16 heavy (non-hydrogen) atoms. The van der Waals surface area contributed by atoms with Gasteiger partial charge in [-0.2, -0.15) is 24.4 Å². The van der Waals surface area contributed by atoms with Gasteiger partial charge in [-0.05, 0) is 0 Å². The highest BCUT2D eigenvalue weighted by Crippen LogP contribution is 2.18. The van der Waals surface area contributed by atoms with Crippen LogP contribution < -0.4 is 5.32 Å². The van der Waals surface area contributed by atoms with Gasteiger partial charge in [0, 0.05) is 36.8 Å². The van der Waals surface area contributed by atoms with E-state index in [1.54, 1.807) is 0 Å². The maximum Gasteiger partial charge on any atom is 0.246 e. The number of nitrogens with zero attached hydrogens (tertiary/aromatic N) is 1. The Morgan fingerprint density at radius 2 is 2.31 bits per heavy atom. The number of thiol groups is 1. The fourth-order valence-corrected chi connectivity index (χ4v) is 2.93. The Bertz CT molecular complexity index is 274. The summed E-state index contributed by atoms with van der Waals surface area (Å²) in [6.07, 6.45) is 0. The number of rotatable bonds is 3. The van der Waals surface area contributed by atoms with Crippen molar-refractivity contribution in [2.75, 3.05) is 24.6 Å². The van der Waals surface area contributed by atoms with Gasteiger partial charge in [0.15, 0.2) is 0 Å². The largest absolute Gasteiger partial charge is 0.344 e. The molecular weight excluding hydrogens is 244 g/mol. The van der Waals surface area contributed by atoms with Crippen LogP contribution in [0.5, 0.6) is 0 Å². The summed E-state index contributed by atoms with van der Waals surface area (Å²) in [7, 11) is 0. The van der Waals surface area contributed by atoms with E-state index in [1.807, 2.05) is 16.7 Å². The predicted molar refractivity (Wildman–Crippen MR) is 70.0 cm³/mol. The van der Waals surface area contributed by atoms with Crippen LogP contribution in [0.2, 0.25) is 0 Å². The van der Waals surface area contributed by atoms with Gasteiger partial charge in [0.05, 0.1) is 0 Å². The van der Waals surface area contributed by atoms with Crippen molar-refractivity contribution in [3.63, 3.8) is 0 Å². The molecule has 92 valence electrons. The highest BCUT2D eigenvalue weighted by molar-refractivity contribution is 7.99. The molecule has 0 aromatic rings. The Labute approximate surface area is 106 Å². The smallest absolute Gasteiger partial charge is 0.246 e. The third-order valence-corrected chi connectivity index (χ3v) is 3.91. The molecule has 0 bridgehead atoms. The number of carbonyl (C=O) groups excluding carboxylic acids is 2. The first kappa shape index (κ1) is 13.7. The van der Waals surface area contributed by atoms with Crippen LogP contribution in [0.1, 0.15) is 13.8 Å². The maximum atomic E-state index is 12.1. The molecule has 1 N–H and O–H groups in total. The standard InChI is InChI=1S/C10H18N2O2S2/c1-7-5-12(3-4-16-7)10(14)9(6-15)11-8(2)13/h7,9,15H,3-6H2,1-2H3,(H,11,13). The monoisotopic (exact) mass is 262 g/mol. The topological polar surface area (TPSA) is 49.4 Å². The lowest BCUT2D eigenvalue weighted by molar-refractivity contribution is -0.135. The van der Waals surface area contributed by atoms with Gasteiger partial charge >= 0.3 is 0 Å². The second kappa shape index (κ2) is 6.39.